The van der Waals surface area contributed by atoms with Gasteiger partial charge in [-0.15, -0.1) is 0 Å². The van der Waals surface area contributed by atoms with E-state index in [2.05, 4.69) is 167 Å². The number of unbranched alkanes of at least 4 members (excludes halogenated alkanes) is 25. The van der Waals surface area contributed by atoms with Crippen molar-refractivity contribution in [3.63, 3.8) is 0 Å². The summed E-state index contributed by atoms with van der Waals surface area (Å²) in [5.74, 6) is -2.33. The maximum atomic E-state index is 13.1. The van der Waals surface area contributed by atoms with E-state index < -0.39 is 97.5 Å². The molecule has 0 saturated heterocycles. The number of carbonyl (C=O) groups excluding carboxylic acids is 4. The molecule has 0 aromatic rings. The van der Waals surface area contributed by atoms with Crippen LogP contribution in [0.25, 0.3) is 0 Å². The molecule has 616 valence electrons. The van der Waals surface area contributed by atoms with Gasteiger partial charge in [0.25, 0.3) is 0 Å². The average Bonchev–Trinajstić information content (AvgIpc) is 0.896. The van der Waals surface area contributed by atoms with E-state index in [1.807, 2.05) is 18.2 Å². The number of aliphatic hydroxyl groups excluding tert-OH is 1. The highest BCUT2D eigenvalue weighted by Crippen LogP contribution is 2.45. The predicted octanol–water partition coefficient (Wildman–Crippen LogP) is 24.8. The summed E-state index contributed by atoms with van der Waals surface area (Å²) in [5, 5.41) is 10.7. The third kappa shape index (κ3) is 78.8. The highest BCUT2D eigenvalue weighted by molar-refractivity contribution is 7.47. The fourth-order valence-corrected chi connectivity index (χ4v) is 12.2. The maximum Gasteiger partial charge on any atom is 0.472 e. The molecule has 0 rings (SSSR count). The summed E-state index contributed by atoms with van der Waals surface area (Å²) in [4.78, 5) is 73.1. The van der Waals surface area contributed by atoms with E-state index in [9.17, 15) is 43.2 Å². The second-order valence-corrected chi connectivity index (χ2v) is 30.2. The Morgan fingerprint density at radius 1 is 0.269 bits per heavy atom. The molecule has 17 nitrogen and oxygen atoms in total. The molecule has 0 aliphatic rings. The van der Waals surface area contributed by atoms with Gasteiger partial charge in [-0.1, -0.05) is 288 Å². The zero-order chi connectivity index (χ0) is 78.9. The van der Waals surface area contributed by atoms with Crippen molar-refractivity contribution >= 4 is 39.5 Å². The number of carbonyl (C=O) groups is 4. The van der Waals surface area contributed by atoms with Gasteiger partial charge < -0.3 is 33.8 Å². The van der Waals surface area contributed by atoms with Crippen molar-refractivity contribution in [1.29, 1.82) is 0 Å². The van der Waals surface area contributed by atoms with Crippen LogP contribution >= 0.6 is 15.6 Å². The summed E-state index contributed by atoms with van der Waals surface area (Å²) in [5.41, 5.74) is 0. The molecule has 108 heavy (non-hydrogen) atoms. The van der Waals surface area contributed by atoms with E-state index in [0.717, 1.165) is 161 Å². The number of hydrogen-bond acceptors (Lipinski definition) is 15. The quantitative estimate of drug-likeness (QED) is 0.0169. The molecule has 3 N–H and O–H groups in total. The van der Waals surface area contributed by atoms with Crippen LogP contribution in [0.3, 0.4) is 0 Å². The Morgan fingerprint density at radius 3 is 0.833 bits per heavy atom. The number of allylic oxidation sites excluding steroid dienone is 26. The lowest BCUT2D eigenvalue weighted by atomic mass is 10.1. The van der Waals surface area contributed by atoms with Crippen LogP contribution in [0.1, 0.15) is 323 Å². The third-order valence-corrected chi connectivity index (χ3v) is 18.9. The summed E-state index contributed by atoms with van der Waals surface area (Å²) in [6.45, 7) is 4.56. The largest absolute Gasteiger partial charge is 0.472 e. The second-order valence-electron chi connectivity index (χ2n) is 27.3. The first-order valence-corrected chi connectivity index (χ1v) is 44.7. The van der Waals surface area contributed by atoms with Crippen molar-refractivity contribution in [3.8, 4) is 0 Å². The Bertz CT molecular complexity index is 2660. The molecule has 0 saturated carbocycles. The van der Waals surface area contributed by atoms with E-state index in [0.29, 0.717) is 32.1 Å². The SMILES string of the molecule is CC/C=C\C/C=C\C/C=C\C/C=C\C/C=C\CCCCCC(=O)OC[C@H](COP(=O)(O)OC[C@@H](O)COP(=O)(O)OC[C@@H](COC(=O)CCCCCCCCC/C=C\CCCCCC)OC(=O)CCCCCCC/C=C\C/C=C\CCCCC)OC(=O)CC/C=C\C/C=C\C/C=C\C/C=C\C/C=C\CCCCC. The fourth-order valence-electron chi connectivity index (χ4n) is 10.6. The molecule has 0 amide bonds. The van der Waals surface area contributed by atoms with Crippen LogP contribution in [0.2, 0.25) is 0 Å². The maximum absolute atomic E-state index is 13.1. The van der Waals surface area contributed by atoms with Crippen molar-refractivity contribution < 1.29 is 80.2 Å². The van der Waals surface area contributed by atoms with Gasteiger partial charge in [0.05, 0.1) is 26.4 Å². The minimum atomic E-state index is -5.02. The molecule has 0 spiro atoms. The van der Waals surface area contributed by atoms with Crippen LogP contribution in [-0.2, 0) is 65.4 Å². The minimum absolute atomic E-state index is 0.0416. The highest BCUT2D eigenvalue weighted by Gasteiger charge is 2.30. The Kier molecular flexibility index (Phi) is 75.8. The average molecular weight is 1550 g/mol. The Labute approximate surface area is 655 Å². The highest BCUT2D eigenvalue weighted by atomic mass is 31.2. The lowest BCUT2D eigenvalue weighted by Gasteiger charge is -2.21. The topological polar surface area (TPSA) is 237 Å². The Hall–Kier alpha value is -5.32. The zero-order valence-corrected chi connectivity index (χ0v) is 69.3. The number of hydrogen-bond donors (Lipinski definition) is 3. The summed E-state index contributed by atoms with van der Waals surface area (Å²) in [6, 6.07) is 0. The molecule has 19 heteroatoms. The van der Waals surface area contributed by atoms with Gasteiger partial charge in [-0.3, -0.25) is 37.3 Å². The van der Waals surface area contributed by atoms with E-state index in [-0.39, 0.29) is 25.7 Å². The molecular formula is C89H148O17P2. The number of phosphoric acid groups is 2. The molecule has 0 aliphatic carbocycles. The Balaban J connectivity index is 5.50. The van der Waals surface area contributed by atoms with Crippen LogP contribution in [0.5, 0.6) is 0 Å². The first kappa shape index (κ1) is 103. The zero-order valence-electron chi connectivity index (χ0n) is 67.5. The van der Waals surface area contributed by atoms with E-state index in [1.165, 1.54) is 77.0 Å². The minimum Gasteiger partial charge on any atom is -0.462 e. The van der Waals surface area contributed by atoms with Gasteiger partial charge in [-0.05, 0) is 167 Å². The molecule has 0 aromatic heterocycles. The van der Waals surface area contributed by atoms with Crippen LogP contribution in [0.15, 0.2) is 158 Å². The summed E-state index contributed by atoms with van der Waals surface area (Å²) >= 11 is 0. The molecule has 0 bridgehead atoms. The summed E-state index contributed by atoms with van der Waals surface area (Å²) in [7, 11) is -10.0. The standard InChI is InChI=1S/C89H148O17P2/c1-5-9-13-17-21-25-29-33-37-39-41-43-47-50-54-58-62-66-70-74-87(92)100-80-85(106-89(94)76-72-68-64-60-56-52-48-44-42-40-38-34-30-26-22-18-14-10-6-2)82-104-108(97,98)102-78-83(90)77-101-107(95,96)103-81-84(105-88(93)75-71-67-63-59-55-51-46-36-32-28-24-20-16-12-8-4)79-99-86(91)73-69-65-61-57-53-49-45-35-31-27-23-19-15-11-7-3/h9,13,21-22,24-28,31,33-34,36-38,41-44,46,50,52,54,56,64,68,83-85,90H,5-8,10-12,14-20,23,29-30,32,35,39-40,45,47-49,51,53,55,57-63,65-67,69-82H2,1-4H3,(H,95,96)(H,97,98)/b13-9-,25-21-,26-22-,28-24-,31-27-,37-33-,38-34-,43-41-,44-42-,46-36-,54-50-,56-52-,68-64-/t83-,84+,85+/m0/s1. The second kappa shape index (κ2) is 79.8. The lowest BCUT2D eigenvalue weighted by molar-refractivity contribution is -0.161. The molecule has 0 heterocycles. The van der Waals surface area contributed by atoms with Crippen LogP contribution in [-0.4, -0.2) is 96.7 Å². The molecule has 0 radical (unpaired) electrons. The van der Waals surface area contributed by atoms with E-state index in [1.54, 1.807) is 0 Å². The molecule has 0 aromatic carbocycles. The summed E-state index contributed by atoms with van der Waals surface area (Å²) < 4.78 is 68.6. The van der Waals surface area contributed by atoms with E-state index in [4.69, 9.17) is 37.0 Å². The number of esters is 4. The van der Waals surface area contributed by atoms with Crippen LogP contribution < -0.4 is 0 Å². The van der Waals surface area contributed by atoms with Crippen LogP contribution in [0.4, 0.5) is 0 Å². The van der Waals surface area contributed by atoms with Gasteiger partial charge in [0.15, 0.2) is 12.2 Å². The normalized spacial score (nSPS) is 14.6. The van der Waals surface area contributed by atoms with Crippen molar-refractivity contribution in [1.82, 2.24) is 0 Å². The van der Waals surface area contributed by atoms with Crippen molar-refractivity contribution in [2.45, 2.75) is 341 Å². The van der Waals surface area contributed by atoms with Gasteiger partial charge in [0.1, 0.15) is 19.3 Å². The summed E-state index contributed by atoms with van der Waals surface area (Å²) in [6.07, 6.45) is 93.7. The van der Waals surface area contributed by atoms with Gasteiger partial charge >= 0.3 is 39.5 Å². The number of phosphoric ester groups is 2. The van der Waals surface area contributed by atoms with Crippen molar-refractivity contribution in [3.05, 3.63) is 158 Å². The number of ether oxygens (including phenoxy) is 4. The number of rotatable bonds is 77. The molecule has 0 fully saturated rings. The van der Waals surface area contributed by atoms with Gasteiger partial charge in [0, 0.05) is 25.7 Å². The van der Waals surface area contributed by atoms with E-state index >= 15 is 0 Å². The molecule has 5 atom stereocenters. The lowest BCUT2D eigenvalue weighted by Crippen LogP contribution is -2.30. The first-order valence-electron chi connectivity index (χ1n) is 41.7. The molecule has 0 aliphatic heterocycles. The Morgan fingerprint density at radius 2 is 0.500 bits per heavy atom. The van der Waals surface area contributed by atoms with Crippen molar-refractivity contribution in [2.75, 3.05) is 39.6 Å². The monoisotopic (exact) mass is 1550 g/mol. The van der Waals surface area contributed by atoms with Crippen LogP contribution in [0, 0.1) is 0 Å². The van der Waals surface area contributed by atoms with Gasteiger partial charge in [-0.2, -0.15) is 0 Å². The predicted molar refractivity (Wildman–Crippen MR) is 445 cm³/mol. The van der Waals surface area contributed by atoms with Gasteiger partial charge in [-0.25, -0.2) is 9.13 Å². The molecular weight excluding hydrogens is 1400 g/mol. The fraction of sp³-hybridized carbons (Fsp3) is 0.663. The molecule has 2 unspecified atom stereocenters. The van der Waals surface area contributed by atoms with Crippen molar-refractivity contribution in [2.24, 2.45) is 0 Å². The third-order valence-electron chi connectivity index (χ3n) is 17.0. The smallest absolute Gasteiger partial charge is 0.462 e. The number of aliphatic hydroxyl groups is 1. The van der Waals surface area contributed by atoms with Gasteiger partial charge in [0.2, 0.25) is 0 Å². The first-order chi connectivity index (χ1) is 52.7.